The zero-order chi connectivity index (χ0) is 13.4. The number of furan rings is 1. The molecule has 1 aliphatic carbocycles. The van der Waals surface area contributed by atoms with Crippen molar-refractivity contribution in [2.24, 2.45) is 0 Å². The van der Waals surface area contributed by atoms with Crippen molar-refractivity contribution in [2.45, 2.75) is 32.4 Å². The molecule has 0 amide bonds. The lowest BCUT2D eigenvalue weighted by Crippen LogP contribution is -2.14. The first-order chi connectivity index (χ1) is 9.15. The van der Waals surface area contributed by atoms with Gasteiger partial charge in [-0.25, -0.2) is 8.78 Å². The molecule has 0 unspecified atom stereocenters. The number of hydrogen-bond acceptors (Lipinski definition) is 2. The van der Waals surface area contributed by atoms with Crippen molar-refractivity contribution < 1.29 is 13.2 Å². The van der Waals surface area contributed by atoms with Crippen LogP contribution in [0.5, 0.6) is 0 Å². The summed E-state index contributed by atoms with van der Waals surface area (Å²) in [5.74, 6) is -0.219. The summed E-state index contributed by atoms with van der Waals surface area (Å²) >= 11 is 0. The second-order valence-electron chi connectivity index (χ2n) is 4.97. The summed E-state index contributed by atoms with van der Waals surface area (Å²) in [7, 11) is 0. The SMILES string of the molecule is Cc1ccc(F)c(-c2ccc(CNC3CC3)o2)c1F. The zero-order valence-electron chi connectivity index (χ0n) is 10.7. The first-order valence-corrected chi connectivity index (χ1v) is 6.42. The molecule has 0 atom stereocenters. The average Bonchev–Trinajstić information content (AvgIpc) is 3.11. The molecule has 1 fully saturated rings. The van der Waals surface area contributed by atoms with E-state index in [-0.39, 0.29) is 11.3 Å². The molecule has 2 nitrogen and oxygen atoms in total. The number of halogens is 2. The second kappa shape index (κ2) is 4.78. The topological polar surface area (TPSA) is 25.2 Å². The third-order valence-corrected chi connectivity index (χ3v) is 3.33. The van der Waals surface area contributed by atoms with Gasteiger partial charge in [-0.2, -0.15) is 0 Å². The third kappa shape index (κ3) is 2.54. The molecule has 0 radical (unpaired) electrons. The minimum absolute atomic E-state index is 0.0855. The molecule has 0 saturated heterocycles. The number of rotatable bonds is 4. The van der Waals surface area contributed by atoms with Gasteiger partial charge >= 0.3 is 0 Å². The molecule has 1 saturated carbocycles. The zero-order valence-corrected chi connectivity index (χ0v) is 10.7. The van der Waals surface area contributed by atoms with E-state index >= 15 is 0 Å². The van der Waals surface area contributed by atoms with Crippen LogP contribution in [0.4, 0.5) is 8.78 Å². The van der Waals surface area contributed by atoms with Crippen LogP contribution in [0.2, 0.25) is 0 Å². The van der Waals surface area contributed by atoms with Crippen LogP contribution in [0.1, 0.15) is 24.2 Å². The summed E-state index contributed by atoms with van der Waals surface area (Å²) in [6.07, 6.45) is 2.38. The predicted octanol–water partition coefficient (Wildman–Crippen LogP) is 3.79. The normalized spacial score (nSPS) is 14.9. The summed E-state index contributed by atoms with van der Waals surface area (Å²) in [5.41, 5.74) is 0.322. The Morgan fingerprint density at radius 3 is 2.74 bits per heavy atom. The quantitative estimate of drug-likeness (QED) is 0.908. The number of aryl methyl sites for hydroxylation is 1. The van der Waals surface area contributed by atoms with Gasteiger partial charge in [0.15, 0.2) is 0 Å². The van der Waals surface area contributed by atoms with Crippen molar-refractivity contribution in [1.29, 1.82) is 0 Å². The molecular formula is C15H15F2NO. The van der Waals surface area contributed by atoms with E-state index in [0.29, 0.717) is 23.9 Å². The molecule has 2 aromatic rings. The lowest BCUT2D eigenvalue weighted by atomic mass is 10.1. The highest BCUT2D eigenvalue weighted by molar-refractivity contribution is 5.60. The van der Waals surface area contributed by atoms with Crippen LogP contribution in [0, 0.1) is 18.6 Å². The second-order valence-corrected chi connectivity index (χ2v) is 4.97. The van der Waals surface area contributed by atoms with Crippen molar-refractivity contribution in [3.05, 3.63) is 47.2 Å². The smallest absolute Gasteiger partial charge is 0.140 e. The minimum atomic E-state index is -0.598. The van der Waals surface area contributed by atoms with Crippen molar-refractivity contribution in [1.82, 2.24) is 5.32 Å². The van der Waals surface area contributed by atoms with Gasteiger partial charge in [0.05, 0.1) is 12.1 Å². The molecule has 1 heterocycles. The molecule has 1 aromatic heterocycles. The first kappa shape index (κ1) is 12.4. The lowest BCUT2D eigenvalue weighted by molar-refractivity contribution is 0.484. The van der Waals surface area contributed by atoms with E-state index in [9.17, 15) is 8.78 Å². The van der Waals surface area contributed by atoms with Crippen LogP contribution in [0.15, 0.2) is 28.7 Å². The van der Waals surface area contributed by atoms with E-state index in [4.69, 9.17) is 4.42 Å². The first-order valence-electron chi connectivity index (χ1n) is 6.42. The van der Waals surface area contributed by atoms with Crippen LogP contribution in [0.3, 0.4) is 0 Å². The number of nitrogens with one attached hydrogen (secondary N) is 1. The average molecular weight is 263 g/mol. The maximum atomic E-state index is 14.0. The molecule has 1 N–H and O–H groups in total. The summed E-state index contributed by atoms with van der Waals surface area (Å²) in [6.45, 7) is 2.20. The highest BCUT2D eigenvalue weighted by Gasteiger charge is 2.21. The minimum Gasteiger partial charge on any atom is -0.460 e. The molecule has 0 aliphatic heterocycles. The Hall–Kier alpha value is -1.68. The molecule has 0 spiro atoms. The molecule has 0 bridgehead atoms. The number of benzene rings is 1. The fourth-order valence-corrected chi connectivity index (χ4v) is 2.02. The summed E-state index contributed by atoms with van der Waals surface area (Å²) < 4.78 is 33.2. The van der Waals surface area contributed by atoms with Crippen LogP contribution < -0.4 is 5.32 Å². The van der Waals surface area contributed by atoms with Gasteiger partial charge in [-0.3, -0.25) is 0 Å². The van der Waals surface area contributed by atoms with Crippen LogP contribution in [0.25, 0.3) is 11.3 Å². The van der Waals surface area contributed by atoms with Gasteiger partial charge in [-0.1, -0.05) is 6.07 Å². The fraction of sp³-hybridized carbons (Fsp3) is 0.333. The van der Waals surface area contributed by atoms with Crippen LogP contribution in [-0.2, 0) is 6.54 Å². The molecule has 19 heavy (non-hydrogen) atoms. The van der Waals surface area contributed by atoms with E-state index in [1.807, 2.05) is 0 Å². The van der Waals surface area contributed by atoms with Gasteiger partial charge < -0.3 is 9.73 Å². The van der Waals surface area contributed by atoms with Gasteiger partial charge in [-0.15, -0.1) is 0 Å². The van der Waals surface area contributed by atoms with Gasteiger partial charge in [0.25, 0.3) is 0 Å². The number of hydrogen-bond donors (Lipinski definition) is 1. The van der Waals surface area contributed by atoms with E-state index < -0.39 is 11.6 Å². The summed E-state index contributed by atoms with van der Waals surface area (Å²) in [4.78, 5) is 0. The monoisotopic (exact) mass is 263 g/mol. The Bertz CT molecular complexity index is 602. The van der Waals surface area contributed by atoms with Crippen LogP contribution in [-0.4, -0.2) is 6.04 Å². The highest BCUT2D eigenvalue weighted by Crippen LogP contribution is 2.29. The maximum absolute atomic E-state index is 14.0. The molecular weight excluding hydrogens is 248 g/mol. The van der Waals surface area contributed by atoms with Crippen molar-refractivity contribution >= 4 is 0 Å². The van der Waals surface area contributed by atoms with Gasteiger partial charge in [-0.05, 0) is 43.5 Å². The molecule has 100 valence electrons. The largest absolute Gasteiger partial charge is 0.460 e. The molecule has 1 aliphatic rings. The maximum Gasteiger partial charge on any atom is 0.140 e. The van der Waals surface area contributed by atoms with E-state index in [1.54, 1.807) is 19.1 Å². The summed E-state index contributed by atoms with van der Waals surface area (Å²) in [6, 6.07) is 6.63. The van der Waals surface area contributed by atoms with Gasteiger partial charge in [0.2, 0.25) is 0 Å². The van der Waals surface area contributed by atoms with Gasteiger partial charge in [0.1, 0.15) is 23.2 Å². The predicted molar refractivity (Wildman–Crippen MR) is 68.7 cm³/mol. The molecule has 1 aromatic carbocycles. The molecule has 3 rings (SSSR count). The van der Waals surface area contributed by atoms with Crippen LogP contribution >= 0.6 is 0 Å². The van der Waals surface area contributed by atoms with Gasteiger partial charge in [0, 0.05) is 6.04 Å². The standard InChI is InChI=1S/C15H15F2NO/c1-9-2-6-12(16)14(15(9)17)13-7-5-11(19-13)8-18-10-3-4-10/h2,5-7,10,18H,3-4,8H2,1H3. The van der Waals surface area contributed by atoms with E-state index in [1.165, 1.54) is 25.0 Å². The van der Waals surface area contributed by atoms with Crippen molar-refractivity contribution in [2.75, 3.05) is 0 Å². The van der Waals surface area contributed by atoms with Crippen molar-refractivity contribution in [3.8, 4) is 11.3 Å². The Kier molecular flexibility index (Phi) is 3.11. The Balaban J connectivity index is 1.87. The lowest BCUT2D eigenvalue weighted by Gasteiger charge is -2.04. The van der Waals surface area contributed by atoms with E-state index in [2.05, 4.69) is 5.32 Å². The Morgan fingerprint density at radius 1 is 1.21 bits per heavy atom. The van der Waals surface area contributed by atoms with E-state index in [0.717, 1.165) is 0 Å². The summed E-state index contributed by atoms with van der Waals surface area (Å²) in [5, 5.41) is 3.30. The highest BCUT2D eigenvalue weighted by atomic mass is 19.1. The van der Waals surface area contributed by atoms with Crippen molar-refractivity contribution in [3.63, 3.8) is 0 Å². The molecule has 4 heteroatoms. The Morgan fingerprint density at radius 2 is 2.00 bits per heavy atom. The third-order valence-electron chi connectivity index (χ3n) is 3.33. The Labute approximate surface area is 110 Å². The fourth-order valence-electron chi connectivity index (χ4n) is 2.02.